The Hall–Kier alpha value is -1.85. The first-order valence-electron chi connectivity index (χ1n) is 5.73. The number of amidine groups is 1. The van der Waals surface area contributed by atoms with Gasteiger partial charge >= 0.3 is 0 Å². The summed E-state index contributed by atoms with van der Waals surface area (Å²) in [5.41, 5.74) is 6.03. The molecule has 0 heterocycles. The molecule has 6 heteroatoms. The van der Waals surface area contributed by atoms with Crippen molar-refractivity contribution >= 4 is 29.2 Å². The third kappa shape index (κ3) is 3.37. The summed E-state index contributed by atoms with van der Waals surface area (Å²) in [5.74, 6) is 0.794. The number of hydrogen-bond donors (Lipinski definition) is 2. The maximum atomic E-state index is 8.66. The van der Waals surface area contributed by atoms with E-state index in [2.05, 4.69) is 5.16 Å². The van der Waals surface area contributed by atoms with Gasteiger partial charge in [0.1, 0.15) is 5.75 Å². The van der Waals surface area contributed by atoms with E-state index in [1.807, 2.05) is 30.3 Å². The fourth-order valence-corrected chi connectivity index (χ4v) is 2.87. The van der Waals surface area contributed by atoms with Gasteiger partial charge in [0.25, 0.3) is 0 Å². The number of methoxy groups -OCH3 is 1. The Balaban J connectivity index is 2.24. The van der Waals surface area contributed by atoms with Crippen LogP contribution in [0.15, 0.2) is 57.4 Å². The van der Waals surface area contributed by atoms with E-state index in [0.717, 1.165) is 15.5 Å². The highest BCUT2D eigenvalue weighted by molar-refractivity contribution is 7.99. The normalized spacial score (nSPS) is 11.4. The van der Waals surface area contributed by atoms with Gasteiger partial charge < -0.3 is 15.7 Å². The zero-order chi connectivity index (χ0) is 14.5. The molecule has 0 unspecified atom stereocenters. The summed E-state index contributed by atoms with van der Waals surface area (Å²) in [6, 6.07) is 13.1. The van der Waals surface area contributed by atoms with Crippen LogP contribution in [0.5, 0.6) is 5.75 Å². The second-order valence-electron chi connectivity index (χ2n) is 3.91. The van der Waals surface area contributed by atoms with E-state index in [1.165, 1.54) is 0 Å². The number of nitrogens with two attached hydrogens (primary N) is 1. The van der Waals surface area contributed by atoms with Crippen molar-refractivity contribution in [1.29, 1.82) is 0 Å². The summed E-state index contributed by atoms with van der Waals surface area (Å²) in [6.45, 7) is 0. The van der Waals surface area contributed by atoms with Crippen LogP contribution in [0.25, 0.3) is 0 Å². The van der Waals surface area contributed by atoms with E-state index in [4.69, 9.17) is 27.3 Å². The van der Waals surface area contributed by atoms with Crippen molar-refractivity contribution in [3.8, 4) is 5.75 Å². The lowest BCUT2D eigenvalue weighted by Crippen LogP contribution is -2.13. The lowest BCUT2D eigenvalue weighted by Gasteiger charge is -2.07. The van der Waals surface area contributed by atoms with Gasteiger partial charge in [0.05, 0.1) is 12.1 Å². The van der Waals surface area contributed by atoms with Gasteiger partial charge in [-0.3, -0.25) is 0 Å². The minimum atomic E-state index is -0.00655. The Kier molecular flexibility index (Phi) is 4.76. The van der Waals surface area contributed by atoms with E-state index in [1.54, 1.807) is 31.0 Å². The summed E-state index contributed by atoms with van der Waals surface area (Å²) < 4.78 is 5.18. The number of ether oxygens (including phenoxy) is 1. The molecule has 0 aliphatic carbocycles. The zero-order valence-electron chi connectivity index (χ0n) is 10.7. The Bertz CT molecular complexity index is 647. The molecule has 20 heavy (non-hydrogen) atoms. The van der Waals surface area contributed by atoms with Crippen molar-refractivity contribution < 1.29 is 9.94 Å². The molecule has 2 aromatic carbocycles. The monoisotopic (exact) mass is 308 g/mol. The van der Waals surface area contributed by atoms with Gasteiger partial charge in [-0.2, -0.15) is 0 Å². The van der Waals surface area contributed by atoms with Crippen molar-refractivity contribution in [2.45, 2.75) is 9.79 Å². The maximum Gasteiger partial charge on any atom is 0.171 e. The first-order chi connectivity index (χ1) is 9.63. The molecule has 0 aliphatic heterocycles. The van der Waals surface area contributed by atoms with Gasteiger partial charge in [0, 0.05) is 15.4 Å². The zero-order valence-corrected chi connectivity index (χ0v) is 12.3. The quantitative estimate of drug-likeness (QED) is 0.392. The topological polar surface area (TPSA) is 67.8 Å². The smallest absolute Gasteiger partial charge is 0.171 e. The van der Waals surface area contributed by atoms with E-state index in [0.29, 0.717) is 10.6 Å². The van der Waals surface area contributed by atoms with Crippen LogP contribution in [-0.4, -0.2) is 18.2 Å². The predicted molar refractivity (Wildman–Crippen MR) is 81.1 cm³/mol. The summed E-state index contributed by atoms with van der Waals surface area (Å²) in [4.78, 5) is 2.00. The first-order valence-corrected chi connectivity index (χ1v) is 6.93. The summed E-state index contributed by atoms with van der Waals surface area (Å²) in [5, 5.41) is 12.0. The Morgan fingerprint density at radius 2 is 2.00 bits per heavy atom. The van der Waals surface area contributed by atoms with Gasteiger partial charge in [-0.1, -0.05) is 34.6 Å². The fraction of sp³-hybridized carbons (Fsp3) is 0.0714. The molecule has 2 rings (SSSR count). The second-order valence-corrected chi connectivity index (χ2v) is 5.46. The molecule has 0 atom stereocenters. The minimum absolute atomic E-state index is 0.00655. The minimum Gasteiger partial charge on any atom is -0.497 e. The van der Waals surface area contributed by atoms with Crippen LogP contribution in [0.1, 0.15) is 5.56 Å². The van der Waals surface area contributed by atoms with Crippen LogP contribution in [-0.2, 0) is 0 Å². The molecular formula is C14H13ClN2O2S. The van der Waals surface area contributed by atoms with Gasteiger partial charge in [-0.05, 0) is 36.4 Å². The van der Waals surface area contributed by atoms with Crippen LogP contribution in [0.2, 0.25) is 5.02 Å². The third-order valence-corrected chi connectivity index (χ3v) is 3.89. The first kappa shape index (κ1) is 14.6. The standard InChI is InChI=1S/C14H13ClN2O2S/c1-19-9-3-2-4-10(7-9)20-11-5-6-12(13(15)8-11)14(16)17-18/h2-8,18H,1H3,(H2,16,17). The molecule has 4 nitrogen and oxygen atoms in total. The summed E-state index contributed by atoms with van der Waals surface area (Å²) in [7, 11) is 1.63. The molecule has 0 saturated carbocycles. The largest absolute Gasteiger partial charge is 0.497 e. The summed E-state index contributed by atoms with van der Waals surface area (Å²) >= 11 is 7.67. The van der Waals surface area contributed by atoms with Crippen LogP contribution in [0, 0.1) is 0 Å². The lowest BCUT2D eigenvalue weighted by atomic mass is 10.2. The van der Waals surface area contributed by atoms with Crippen molar-refractivity contribution in [2.24, 2.45) is 10.9 Å². The van der Waals surface area contributed by atoms with Crippen molar-refractivity contribution in [1.82, 2.24) is 0 Å². The van der Waals surface area contributed by atoms with Crippen molar-refractivity contribution in [3.05, 3.63) is 53.1 Å². The molecule has 0 bridgehead atoms. The molecule has 0 aliphatic rings. The van der Waals surface area contributed by atoms with Crippen LogP contribution < -0.4 is 10.5 Å². The van der Waals surface area contributed by atoms with Crippen molar-refractivity contribution in [3.63, 3.8) is 0 Å². The van der Waals surface area contributed by atoms with Crippen LogP contribution in [0.3, 0.4) is 0 Å². The summed E-state index contributed by atoms with van der Waals surface area (Å²) in [6.07, 6.45) is 0. The molecule has 0 spiro atoms. The van der Waals surface area contributed by atoms with E-state index >= 15 is 0 Å². The maximum absolute atomic E-state index is 8.66. The van der Waals surface area contributed by atoms with Crippen LogP contribution in [0.4, 0.5) is 0 Å². The molecule has 104 valence electrons. The van der Waals surface area contributed by atoms with E-state index in [-0.39, 0.29) is 5.84 Å². The molecule has 2 aromatic rings. The van der Waals surface area contributed by atoms with E-state index in [9.17, 15) is 0 Å². The molecule has 3 N–H and O–H groups in total. The lowest BCUT2D eigenvalue weighted by molar-refractivity contribution is 0.318. The molecule has 0 amide bonds. The average molecular weight is 309 g/mol. The fourth-order valence-electron chi connectivity index (χ4n) is 1.62. The number of nitrogens with zero attached hydrogens (tertiary/aromatic N) is 1. The van der Waals surface area contributed by atoms with Gasteiger partial charge in [-0.15, -0.1) is 0 Å². The second kappa shape index (κ2) is 6.54. The van der Waals surface area contributed by atoms with Crippen molar-refractivity contribution in [2.75, 3.05) is 7.11 Å². The molecular weight excluding hydrogens is 296 g/mol. The molecule has 0 radical (unpaired) electrons. The highest BCUT2D eigenvalue weighted by Crippen LogP contribution is 2.32. The Morgan fingerprint density at radius 3 is 2.65 bits per heavy atom. The van der Waals surface area contributed by atoms with Gasteiger partial charge in [-0.25, -0.2) is 0 Å². The molecule has 0 fully saturated rings. The number of rotatable bonds is 4. The number of oxime groups is 1. The molecule has 0 saturated heterocycles. The molecule has 0 aromatic heterocycles. The number of halogens is 1. The predicted octanol–water partition coefficient (Wildman–Crippen LogP) is 3.59. The Labute approximate surface area is 126 Å². The number of hydrogen-bond acceptors (Lipinski definition) is 4. The number of benzene rings is 2. The average Bonchev–Trinajstić information content (AvgIpc) is 2.47. The van der Waals surface area contributed by atoms with Gasteiger partial charge in [0.15, 0.2) is 5.84 Å². The van der Waals surface area contributed by atoms with E-state index < -0.39 is 0 Å². The Morgan fingerprint density at radius 1 is 1.25 bits per heavy atom. The third-order valence-electron chi connectivity index (χ3n) is 2.60. The van der Waals surface area contributed by atoms with Crippen LogP contribution >= 0.6 is 23.4 Å². The SMILES string of the molecule is COc1cccc(Sc2ccc(C(N)=NO)c(Cl)c2)c1. The highest BCUT2D eigenvalue weighted by atomic mass is 35.5. The highest BCUT2D eigenvalue weighted by Gasteiger charge is 2.07. The van der Waals surface area contributed by atoms with Gasteiger partial charge in [0.2, 0.25) is 0 Å².